The molecule has 0 atom stereocenters. The summed E-state index contributed by atoms with van der Waals surface area (Å²) >= 11 is 0. The van der Waals surface area contributed by atoms with Crippen LogP contribution in [0.2, 0.25) is 0 Å². The quantitative estimate of drug-likeness (QED) is 0.771. The van der Waals surface area contributed by atoms with Crippen molar-refractivity contribution in [3.05, 3.63) is 29.3 Å². The van der Waals surface area contributed by atoms with Crippen molar-refractivity contribution < 1.29 is 4.79 Å². The second kappa shape index (κ2) is 5.64. The average molecular weight is 271 g/mol. The number of hydrogen-bond acceptors (Lipinski definition) is 4. The second-order valence-corrected chi connectivity index (χ2v) is 5.83. The highest BCUT2D eigenvalue weighted by Crippen LogP contribution is 2.37. The first kappa shape index (κ1) is 14.5. The predicted molar refractivity (Wildman–Crippen MR) is 80.1 cm³/mol. The van der Waals surface area contributed by atoms with Gasteiger partial charge < -0.3 is 9.80 Å². The minimum Gasteiger partial charge on any atom is -0.372 e. The lowest BCUT2D eigenvalue weighted by Gasteiger charge is -2.49. The van der Waals surface area contributed by atoms with E-state index in [9.17, 15) is 10.1 Å². The van der Waals surface area contributed by atoms with Crippen molar-refractivity contribution in [3.8, 4) is 6.07 Å². The molecule has 0 bridgehead atoms. The molecule has 0 saturated heterocycles. The van der Waals surface area contributed by atoms with E-state index in [0.717, 1.165) is 18.5 Å². The zero-order valence-corrected chi connectivity index (χ0v) is 12.4. The number of nitrogens with zero attached hydrogens (tertiary/aromatic N) is 3. The summed E-state index contributed by atoms with van der Waals surface area (Å²) in [4.78, 5) is 15.2. The topological polar surface area (TPSA) is 47.3 Å². The van der Waals surface area contributed by atoms with Gasteiger partial charge in [0.1, 0.15) is 12.4 Å². The molecule has 0 aromatic heterocycles. The first-order valence-electron chi connectivity index (χ1n) is 6.90. The Hall–Kier alpha value is -1.86. The zero-order chi connectivity index (χ0) is 14.8. The molecule has 1 saturated carbocycles. The summed E-state index contributed by atoms with van der Waals surface area (Å²) in [7, 11) is 6.25. The van der Waals surface area contributed by atoms with Crippen molar-refractivity contribution in [1.29, 1.82) is 5.26 Å². The van der Waals surface area contributed by atoms with Gasteiger partial charge in [-0.3, -0.25) is 4.79 Å². The SMILES string of the molecule is CN(CC1(N(C)C)CCC1)c1ccc(C=O)cc1C#N. The van der Waals surface area contributed by atoms with Gasteiger partial charge >= 0.3 is 0 Å². The summed E-state index contributed by atoms with van der Waals surface area (Å²) in [6.07, 6.45) is 4.43. The fourth-order valence-corrected chi connectivity index (χ4v) is 2.91. The van der Waals surface area contributed by atoms with Crippen molar-refractivity contribution in [3.63, 3.8) is 0 Å². The number of carbonyl (C=O) groups is 1. The minimum atomic E-state index is 0.213. The maximum absolute atomic E-state index is 10.8. The Balaban J connectivity index is 2.23. The highest BCUT2D eigenvalue weighted by molar-refractivity contribution is 5.78. The lowest BCUT2D eigenvalue weighted by molar-refractivity contribution is 0.0683. The molecule has 106 valence electrons. The fourth-order valence-electron chi connectivity index (χ4n) is 2.91. The van der Waals surface area contributed by atoms with E-state index in [1.807, 2.05) is 13.1 Å². The van der Waals surface area contributed by atoms with Crippen LogP contribution in [0, 0.1) is 11.3 Å². The summed E-state index contributed by atoms with van der Waals surface area (Å²) in [5.41, 5.74) is 2.21. The Labute approximate surface area is 120 Å². The van der Waals surface area contributed by atoms with E-state index in [1.54, 1.807) is 12.1 Å². The molecule has 0 N–H and O–H groups in total. The molecule has 20 heavy (non-hydrogen) atoms. The summed E-state index contributed by atoms with van der Waals surface area (Å²) in [5.74, 6) is 0. The molecule has 0 amide bonds. The molecular weight excluding hydrogens is 250 g/mol. The summed E-state index contributed by atoms with van der Waals surface area (Å²) < 4.78 is 0. The van der Waals surface area contributed by atoms with E-state index < -0.39 is 0 Å². The summed E-state index contributed by atoms with van der Waals surface area (Å²) in [6.45, 7) is 0.898. The van der Waals surface area contributed by atoms with Gasteiger partial charge in [-0.15, -0.1) is 0 Å². The van der Waals surface area contributed by atoms with Gasteiger partial charge in [0.05, 0.1) is 11.3 Å². The van der Waals surface area contributed by atoms with E-state index in [1.165, 1.54) is 19.3 Å². The Bertz CT molecular complexity index is 541. The first-order chi connectivity index (χ1) is 9.52. The van der Waals surface area contributed by atoms with Crippen molar-refractivity contribution in [2.24, 2.45) is 0 Å². The molecular formula is C16H21N3O. The first-order valence-corrected chi connectivity index (χ1v) is 6.90. The van der Waals surface area contributed by atoms with E-state index in [-0.39, 0.29) is 5.54 Å². The Morgan fingerprint density at radius 1 is 1.35 bits per heavy atom. The van der Waals surface area contributed by atoms with Crippen molar-refractivity contribution in [2.45, 2.75) is 24.8 Å². The number of anilines is 1. The monoisotopic (exact) mass is 271 g/mol. The lowest BCUT2D eigenvalue weighted by atomic mass is 9.75. The zero-order valence-electron chi connectivity index (χ0n) is 12.4. The highest BCUT2D eigenvalue weighted by atomic mass is 16.1. The highest BCUT2D eigenvalue weighted by Gasteiger charge is 2.40. The normalized spacial score (nSPS) is 16.4. The van der Waals surface area contributed by atoms with Crippen LogP contribution in [0.25, 0.3) is 0 Å². The molecule has 0 aliphatic heterocycles. The van der Waals surface area contributed by atoms with Crippen molar-refractivity contribution in [2.75, 3.05) is 32.6 Å². The Kier molecular flexibility index (Phi) is 4.10. The third-order valence-corrected chi connectivity index (χ3v) is 4.45. The predicted octanol–water partition coefficient (Wildman–Crippen LogP) is 2.29. The van der Waals surface area contributed by atoms with Gasteiger partial charge in [0, 0.05) is 24.7 Å². The van der Waals surface area contributed by atoms with Gasteiger partial charge in [0.15, 0.2) is 0 Å². The van der Waals surface area contributed by atoms with Crippen LogP contribution in [-0.2, 0) is 0 Å². The molecule has 1 aromatic rings. The molecule has 0 heterocycles. The van der Waals surface area contributed by atoms with E-state index >= 15 is 0 Å². The largest absolute Gasteiger partial charge is 0.372 e. The molecule has 1 aliphatic rings. The van der Waals surface area contributed by atoms with E-state index in [2.05, 4.69) is 30.0 Å². The molecule has 2 rings (SSSR count). The van der Waals surface area contributed by atoms with Crippen LogP contribution in [0.15, 0.2) is 18.2 Å². The van der Waals surface area contributed by atoms with Crippen LogP contribution >= 0.6 is 0 Å². The fraction of sp³-hybridized carbons (Fsp3) is 0.500. The lowest BCUT2D eigenvalue weighted by Crippen LogP contribution is -2.56. The van der Waals surface area contributed by atoms with Gasteiger partial charge in [0.2, 0.25) is 0 Å². The third kappa shape index (κ3) is 2.54. The standard InChI is InChI=1S/C16H21N3O/c1-18(2)16(7-4-8-16)12-19(3)15-6-5-13(11-20)9-14(15)10-17/h5-6,9,11H,4,7-8,12H2,1-3H3. The van der Waals surface area contributed by atoms with Gasteiger partial charge in [-0.25, -0.2) is 0 Å². The van der Waals surface area contributed by atoms with Crippen LogP contribution in [0.4, 0.5) is 5.69 Å². The number of carbonyl (C=O) groups excluding carboxylic acids is 1. The van der Waals surface area contributed by atoms with E-state index in [4.69, 9.17) is 0 Å². The van der Waals surface area contributed by atoms with Gasteiger partial charge in [-0.1, -0.05) is 0 Å². The van der Waals surface area contributed by atoms with E-state index in [0.29, 0.717) is 11.1 Å². The van der Waals surface area contributed by atoms with Gasteiger partial charge in [-0.05, 0) is 51.6 Å². The van der Waals surface area contributed by atoms with Gasteiger partial charge in [-0.2, -0.15) is 5.26 Å². The maximum atomic E-state index is 10.8. The second-order valence-electron chi connectivity index (χ2n) is 5.83. The van der Waals surface area contributed by atoms with Crippen LogP contribution in [0.3, 0.4) is 0 Å². The Morgan fingerprint density at radius 3 is 2.50 bits per heavy atom. The number of hydrogen-bond donors (Lipinski definition) is 0. The number of benzene rings is 1. The summed E-state index contributed by atoms with van der Waals surface area (Å²) in [5, 5.41) is 9.26. The van der Waals surface area contributed by atoms with Crippen molar-refractivity contribution in [1.82, 2.24) is 4.90 Å². The van der Waals surface area contributed by atoms with Crippen LogP contribution in [0.5, 0.6) is 0 Å². The Morgan fingerprint density at radius 2 is 2.05 bits per heavy atom. The molecule has 1 aromatic carbocycles. The van der Waals surface area contributed by atoms with Gasteiger partial charge in [0.25, 0.3) is 0 Å². The molecule has 4 nitrogen and oxygen atoms in total. The molecule has 0 spiro atoms. The third-order valence-electron chi connectivity index (χ3n) is 4.45. The van der Waals surface area contributed by atoms with Crippen LogP contribution < -0.4 is 4.90 Å². The molecule has 4 heteroatoms. The summed E-state index contributed by atoms with van der Waals surface area (Å²) in [6, 6.07) is 7.47. The van der Waals surface area contributed by atoms with Crippen LogP contribution in [-0.4, -0.2) is 44.4 Å². The molecule has 1 aliphatic carbocycles. The number of rotatable bonds is 5. The average Bonchev–Trinajstić information content (AvgIpc) is 2.41. The molecule has 1 fully saturated rings. The molecule has 0 unspecified atom stereocenters. The van der Waals surface area contributed by atoms with Crippen LogP contribution in [0.1, 0.15) is 35.2 Å². The molecule has 0 radical (unpaired) electrons. The smallest absolute Gasteiger partial charge is 0.150 e. The minimum absolute atomic E-state index is 0.213. The number of aldehydes is 1. The van der Waals surface area contributed by atoms with Crippen molar-refractivity contribution >= 4 is 12.0 Å². The number of likely N-dealkylation sites (N-methyl/N-ethyl adjacent to an activating group) is 2. The number of nitriles is 1. The maximum Gasteiger partial charge on any atom is 0.150 e.